The van der Waals surface area contributed by atoms with Gasteiger partial charge in [-0.1, -0.05) is 11.6 Å². The summed E-state index contributed by atoms with van der Waals surface area (Å²) in [5.41, 5.74) is -0.277. The number of aliphatic hydroxyl groups is 1. The Kier molecular flexibility index (Phi) is 5.52. The first-order valence-electron chi connectivity index (χ1n) is 5.87. The Morgan fingerprint density at radius 3 is 2.45 bits per heavy atom. The molecule has 0 atom stereocenters. The lowest BCUT2D eigenvalue weighted by Gasteiger charge is -2.25. The van der Waals surface area contributed by atoms with Crippen LogP contribution >= 0.6 is 11.6 Å². The molecule has 6 nitrogen and oxygen atoms in total. The van der Waals surface area contributed by atoms with E-state index in [1.165, 1.54) is 12.1 Å². The number of aliphatic hydroxyl groups excluding tert-OH is 1. The normalized spacial score (nSPS) is 12.1. The van der Waals surface area contributed by atoms with Crippen molar-refractivity contribution in [3.8, 4) is 0 Å². The number of hydrogen-bond donors (Lipinski definition) is 2. The summed E-state index contributed by atoms with van der Waals surface area (Å²) in [6, 6.07) is 3.13. The number of halogens is 1. The van der Waals surface area contributed by atoms with Gasteiger partial charge in [-0.05, 0) is 32.0 Å². The number of carbonyl (C=O) groups is 1. The summed E-state index contributed by atoms with van der Waals surface area (Å²) in [7, 11) is -3.88. The molecule has 0 aliphatic rings. The minimum atomic E-state index is -3.88. The summed E-state index contributed by atoms with van der Waals surface area (Å²) in [6.07, 6.45) is 0. The third kappa shape index (κ3) is 3.49. The number of carboxylic acid groups (broad SMARTS) is 1. The molecular formula is C12H16ClNO5S. The van der Waals surface area contributed by atoms with Crippen molar-refractivity contribution < 1.29 is 23.4 Å². The SMILES string of the molecule is CC(C)N(CCO)S(=O)(=O)c1ccc(Cl)c(C(=O)O)c1. The lowest BCUT2D eigenvalue weighted by atomic mass is 10.2. The van der Waals surface area contributed by atoms with Gasteiger partial charge in [-0.25, -0.2) is 13.2 Å². The van der Waals surface area contributed by atoms with E-state index < -0.39 is 16.0 Å². The summed E-state index contributed by atoms with van der Waals surface area (Å²) in [5, 5.41) is 17.9. The molecule has 0 saturated heterocycles. The monoisotopic (exact) mass is 321 g/mol. The van der Waals surface area contributed by atoms with E-state index in [0.29, 0.717) is 0 Å². The number of nitrogens with zero attached hydrogens (tertiary/aromatic N) is 1. The third-order valence-electron chi connectivity index (χ3n) is 2.67. The van der Waals surface area contributed by atoms with Crippen molar-refractivity contribution >= 4 is 27.6 Å². The van der Waals surface area contributed by atoms with Crippen LogP contribution in [0.5, 0.6) is 0 Å². The van der Waals surface area contributed by atoms with Crippen molar-refractivity contribution in [2.45, 2.75) is 24.8 Å². The molecule has 20 heavy (non-hydrogen) atoms. The van der Waals surface area contributed by atoms with Gasteiger partial charge in [-0.2, -0.15) is 4.31 Å². The maximum absolute atomic E-state index is 12.4. The Morgan fingerprint density at radius 2 is 2.00 bits per heavy atom. The predicted molar refractivity (Wildman–Crippen MR) is 74.5 cm³/mol. The van der Waals surface area contributed by atoms with E-state index in [1.807, 2.05) is 0 Å². The standard InChI is InChI=1S/C12H16ClNO5S/c1-8(2)14(5-6-15)20(18,19)9-3-4-11(13)10(7-9)12(16)17/h3-4,7-8,15H,5-6H2,1-2H3,(H,16,17). The molecule has 8 heteroatoms. The first-order chi connectivity index (χ1) is 9.21. The van der Waals surface area contributed by atoms with Crippen molar-refractivity contribution in [3.63, 3.8) is 0 Å². The highest BCUT2D eigenvalue weighted by Crippen LogP contribution is 2.24. The van der Waals surface area contributed by atoms with Crippen LogP contribution in [0.3, 0.4) is 0 Å². The molecular weight excluding hydrogens is 306 g/mol. The van der Waals surface area contributed by atoms with Gasteiger partial charge in [-0.3, -0.25) is 0 Å². The lowest BCUT2D eigenvalue weighted by Crippen LogP contribution is -2.39. The average molecular weight is 322 g/mol. The fourth-order valence-corrected chi connectivity index (χ4v) is 3.57. The van der Waals surface area contributed by atoms with Crippen molar-refractivity contribution in [1.29, 1.82) is 0 Å². The molecule has 1 rings (SSSR count). The molecule has 0 amide bonds. The van der Waals surface area contributed by atoms with Crippen LogP contribution in [0.15, 0.2) is 23.1 Å². The molecule has 0 spiro atoms. The summed E-state index contributed by atoms with van der Waals surface area (Å²) >= 11 is 5.72. The van der Waals surface area contributed by atoms with E-state index in [0.717, 1.165) is 10.4 Å². The molecule has 0 aliphatic heterocycles. The number of aromatic carboxylic acids is 1. The van der Waals surface area contributed by atoms with Gasteiger partial charge < -0.3 is 10.2 Å². The number of hydrogen-bond acceptors (Lipinski definition) is 4. The Morgan fingerprint density at radius 1 is 1.40 bits per heavy atom. The minimum Gasteiger partial charge on any atom is -0.478 e. The van der Waals surface area contributed by atoms with E-state index in [2.05, 4.69) is 0 Å². The first-order valence-corrected chi connectivity index (χ1v) is 7.69. The number of rotatable bonds is 6. The summed E-state index contributed by atoms with van der Waals surface area (Å²) in [5.74, 6) is -1.30. The van der Waals surface area contributed by atoms with Crippen LogP contribution in [0.2, 0.25) is 5.02 Å². The van der Waals surface area contributed by atoms with Crippen LogP contribution in [0.25, 0.3) is 0 Å². The maximum atomic E-state index is 12.4. The maximum Gasteiger partial charge on any atom is 0.337 e. The zero-order chi connectivity index (χ0) is 15.5. The Balaban J connectivity index is 3.34. The second kappa shape index (κ2) is 6.53. The number of benzene rings is 1. The molecule has 0 fully saturated rings. The highest BCUT2D eigenvalue weighted by atomic mass is 35.5. The van der Waals surface area contributed by atoms with E-state index in [-0.39, 0.29) is 34.7 Å². The zero-order valence-corrected chi connectivity index (χ0v) is 12.6. The largest absolute Gasteiger partial charge is 0.478 e. The summed E-state index contributed by atoms with van der Waals surface area (Å²) in [6.45, 7) is 2.95. The fraction of sp³-hybridized carbons (Fsp3) is 0.417. The molecule has 0 bridgehead atoms. The molecule has 0 aromatic heterocycles. The smallest absolute Gasteiger partial charge is 0.337 e. The van der Waals surface area contributed by atoms with Crippen molar-refractivity contribution in [2.24, 2.45) is 0 Å². The highest BCUT2D eigenvalue weighted by molar-refractivity contribution is 7.89. The van der Waals surface area contributed by atoms with Gasteiger partial charge in [0.15, 0.2) is 0 Å². The molecule has 0 unspecified atom stereocenters. The molecule has 2 N–H and O–H groups in total. The van der Waals surface area contributed by atoms with Crippen LogP contribution in [0, 0.1) is 0 Å². The third-order valence-corrected chi connectivity index (χ3v) is 5.07. The zero-order valence-electron chi connectivity index (χ0n) is 11.1. The molecule has 1 aromatic rings. The Hall–Kier alpha value is -1.15. The highest BCUT2D eigenvalue weighted by Gasteiger charge is 2.27. The molecule has 0 aliphatic carbocycles. The number of sulfonamides is 1. The van der Waals surface area contributed by atoms with Crippen molar-refractivity contribution in [1.82, 2.24) is 4.31 Å². The van der Waals surface area contributed by atoms with Crippen LogP contribution < -0.4 is 0 Å². The predicted octanol–water partition coefficient (Wildman–Crippen LogP) is 1.43. The fourth-order valence-electron chi connectivity index (χ4n) is 1.72. The van der Waals surface area contributed by atoms with E-state index in [1.54, 1.807) is 13.8 Å². The van der Waals surface area contributed by atoms with Crippen LogP contribution in [0.1, 0.15) is 24.2 Å². The van der Waals surface area contributed by atoms with Gasteiger partial charge in [0.2, 0.25) is 10.0 Å². The molecule has 0 radical (unpaired) electrons. The average Bonchev–Trinajstić information content (AvgIpc) is 2.35. The Labute approximate surface area is 122 Å². The van der Waals surface area contributed by atoms with Crippen LogP contribution in [-0.2, 0) is 10.0 Å². The van der Waals surface area contributed by atoms with E-state index >= 15 is 0 Å². The summed E-state index contributed by atoms with van der Waals surface area (Å²) in [4.78, 5) is 10.8. The molecule has 112 valence electrons. The number of carboxylic acids is 1. The second-order valence-corrected chi connectivity index (χ2v) is 6.68. The lowest BCUT2D eigenvalue weighted by molar-refractivity contribution is 0.0697. The molecule has 1 aromatic carbocycles. The van der Waals surface area contributed by atoms with Crippen molar-refractivity contribution in [3.05, 3.63) is 28.8 Å². The van der Waals surface area contributed by atoms with Gasteiger partial charge >= 0.3 is 5.97 Å². The second-order valence-electron chi connectivity index (χ2n) is 4.38. The Bertz CT molecular complexity index is 600. The minimum absolute atomic E-state index is 0.0327. The molecule has 0 heterocycles. The van der Waals surface area contributed by atoms with Gasteiger partial charge in [0.05, 0.1) is 22.1 Å². The van der Waals surface area contributed by atoms with Gasteiger partial charge in [0, 0.05) is 12.6 Å². The molecule has 0 saturated carbocycles. The van der Waals surface area contributed by atoms with Crippen LogP contribution in [0.4, 0.5) is 0 Å². The van der Waals surface area contributed by atoms with Gasteiger partial charge in [0.25, 0.3) is 0 Å². The van der Waals surface area contributed by atoms with Crippen molar-refractivity contribution in [2.75, 3.05) is 13.2 Å². The van der Waals surface area contributed by atoms with Gasteiger partial charge in [0.1, 0.15) is 0 Å². The van der Waals surface area contributed by atoms with Gasteiger partial charge in [-0.15, -0.1) is 0 Å². The quantitative estimate of drug-likeness (QED) is 0.826. The van der Waals surface area contributed by atoms with Crippen LogP contribution in [-0.4, -0.2) is 48.1 Å². The summed E-state index contributed by atoms with van der Waals surface area (Å²) < 4.78 is 26.0. The van der Waals surface area contributed by atoms with E-state index in [9.17, 15) is 13.2 Å². The first kappa shape index (κ1) is 16.9. The van der Waals surface area contributed by atoms with E-state index in [4.69, 9.17) is 21.8 Å². The topological polar surface area (TPSA) is 94.9 Å².